The Kier molecular flexibility index (Phi) is 3.10. The van der Waals surface area contributed by atoms with Crippen LogP contribution in [0.15, 0.2) is 29.1 Å². The third-order valence-electron chi connectivity index (χ3n) is 2.17. The molecule has 1 amide bonds. The molecule has 0 atom stereocenters. The molecule has 0 saturated heterocycles. The molecule has 0 aliphatic rings. The van der Waals surface area contributed by atoms with Crippen molar-refractivity contribution in [2.45, 2.75) is 6.61 Å². The van der Waals surface area contributed by atoms with Crippen LogP contribution in [0.5, 0.6) is 5.75 Å². The van der Waals surface area contributed by atoms with Crippen LogP contribution in [-0.4, -0.2) is 15.7 Å². The summed E-state index contributed by atoms with van der Waals surface area (Å²) >= 11 is 0. The molecule has 3 N–H and O–H groups in total. The first-order chi connectivity index (χ1) is 8.20. The van der Waals surface area contributed by atoms with Gasteiger partial charge in [0.1, 0.15) is 6.61 Å². The number of hydrogen-bond donors (Lipinski definition) is 2. The van der Waals surface area contributed by atoms with Crippen molar-refractivity contribution in [1.82, 2.24) is 15.2 Å². The first-order valence-corrected chi connectivity index (χ1v) is 4.89. The van der Waals surface area contributed by atoms with Gasteiger partial charge in [0.05, 0.1) is 24.2 Å². The Hall–Kier alpha value is -2.28. The van der Waals surface area contributed by atoms with Gasteiger partial charge in [-0.25, -0.2) is 5.84 Å². The van der Waals surface area contributed by atoms with Crippen molar-refractivity contribution in [3.8, 4) is 5.75 Å². The van der Waals surface area contributed by atoms with Crippen LogP contribution >= 0.6 is 0 Å². The van der Waals surface area contributed by atoms with Crippen LogP contribution in [0, 0.1) is 0 Å². The lowest BCUT2D eigenvalue weighted by Crippen LogP contribution is -2.30. The molecule has 17 heavy (non-hydrogen) atoms. The molecule has 0 aliphatic heterocycles. The van der Waals surface area contributed by atoms with Crippen LogP contribution in [0.2, 0.25) is 0 Å². The van der Waals surface area contributed by atoms with E-state index in [2.05, 4.69) is 5.10 Å². The van der Waals surface area contributed by atoms with Gasteiger partial charge in [0.15, 0.2) is 11.5 Å². The Morgan fingerprint density at radius 3 is 3.18 bits per heavy atom. The number of nitrogens with zero attached hydrogens (tertiary/aromatic N) is 2. The van der Waals surface area contributed by atoms with Crippen LogP contribution in [-0.2, 0) is 13.7 Å². The summed E-state index contributed by atoms with van der Waals surface area (Å²) in [4.78, 5) is 11.3. The number of aromatic nitrogens is 2. The van der Waals surface area contributed by atoms with Gasteiger partial charge in [0.2, 0.25) is 0 Å². The van der Waals surface area contributed by atoms with Crippen molar-refractivity contribution in [2.75, 3.05) is 0 Å². The second-order valence-electron chi connectivity index (χ2n) is 3.37. The molecule has 7 heteroatoms. The average molecular weight is 236 g/mol. The zero-order chi connectivity index (χ0) is 12.3. The topological polar surface area (TPSA) is 95.3 Å². The van der Waals surface area contributed by atoms with Crippen molar-refractivity contribution >= 4 is 5.91 Å². The van der Waals surface area contributed by atoms with E-state index in [-0.39, 0.29) is 6.61 Å². The van der Waals surface area contributed by atoms with Gasteiger partial charge in [0, 0.05) is 7.05 Å². The Morgan fingerprint density at radius 1 is 1.71 bits per heavy atom. The van der Waals surface area contributed by atoms with Gasteiger partial charge in [0.25, 0.3) is 5.91 Å². The molecule has 0 spiro atoms. The summed E-state index contributed by atoms with van der Waals surface area (Å²) in [5, 5.41) is 3.95. The van der Waals surface area contributed by atoms with E-state index < -0.39 is 5.91 Å². The van der Waals surface area contributed by atoms with E-state index in [0.29, 0.717) is 17.1 Å². The fourth-order valence-electron chi connectivity index (χ4n) is 1.35. The minimum atomic E-state index is -0.413. The van der Waals surface area contributed by atoms with E-state index in [1.54, 1.807) is 24.1 Å². The third kappa shape index (κ3) is 2.45. The van der Waals surface area contributed by atoms with Gasteiger partial charge in [-0.05, 0) is 6.07 Å². The number of carbonyl (C=O) groups excluding carboxylic acids is 1. The van der Waals surface area contributed by atoms with Crippen LogP contribution in [0.4, 0.5) is 0 Å². The summed E-state index contributed by atoms with van der Waals surface area (Å²) in [6.07, 6.45) is 4.70. The minimum Gasteiger partial charge on any atom is -0.482 e. The van der Waals surface area contributed by atoms with E-state index in [0.717, 1.165) is 0 Å². The number of nitrogens with two attached hydrogens (primary N) is 1. The van der Waals surface area contributed by atoms with Gasteiger partial charge in [-0.15, -0.1) is 0 Å². The lowest BCUT2D eigenvalue weighted by Gasteiger charge is -2.02. The highest BCUT2D eigenvalue weighted by molar-refractivity contribution is 5.94. The SMILES string of the molecule is Cn1cc(OCc2occc2C(=O)NN)cn1. The van der Waals surface area contributed by atoms with E-state index in [1.807, 2.05) is 5.43 Å². The fourth-order valence-corrected chi connectivity index (χ4v) is 1.35. The molecule has 0 radical (unpaired) electrons. The molecule has 0 saturated carbocycles. The third-order valence-corrected chi connectivity index (χ3v) is 2.17. The highest BCUT2D eigenvalue weighted by Crippen LogP contribution is 2.14. The molecular weight excluding hydrogens is 224 g/mol. The molecule has 2 rings (SSSR count). The number of aryl methyl sites for hydroxylation is 1. The summed E-state index contributed by atoms with van der Waals surface area (Å²) < 4.78 is 12.2. The molecule has 7 nitrogen and oxygen atoms in total. The van der Waals surface area contributed by atoms with E-state index in [9.17, 15) is 4.79 Å². The van der Waals surface area contributed by atoms with Gasteiger partial charge < -0.3 is 9.15 Å². The highest BCUT2D eigenvalue weighted by Gasteiger charge is 2.14. The van der Waals surface area contributed by atoms with Crippen molar-refractivity contribution in [1.29, 1.82) is 0 Å². The lowest BCUT2D eigenvalue weighted by molar-refractivity contribution is 0.0949. The molecule has 0 bridgehead atoms. The number of carbonyl (C=O) groups is 1. The predicted molar refractivity (Wildman–Crippen MR) is 57.9 cm³/mol. The van der Waals surface area contributed by atoms with Crippen LogP contribution < -0.4 is 16.0 Å². The Bertz CT molecular complexity index is 517. The lowest BCUT2D eigenvalue weighted by atomic mass is 10.2. The standard InChI is InChI=1S/C10H12N4O3/c1-14-5-7(4-12-14)17-6-9-8(2-3-16-9)10(15)13-11/h2-5H,6,11H2,1H3,(H,13,15). The van der Waals surface area contributed by atoms with Gasteiger partial charge in [-0.2, -0.15) is 5.10 Å². The summed E-state index contributed by atoms with van der Waals surface area (Å²) in [6, 6.07) is 1.53. The number of hydrazine groups is 1. The number of amides is 1. The number of ether oxygens (including phenoxy) is 1. The maximum atomic E-state index is 11.3. The molecule has 2 heterocycles. The van der Waals surface area contributed by atoms with Crippen molar-refractivity contribution in [2.24, 2.45) is 12.9 Å². The van der Waals surface area contributed by atoms with Crippen molar-refractivity contribution in [3.05, 3.63) is 36.0 Å². The number of hydrogen-bond acceptors (Lipinski definition) is 5. The average Bonchev–Trinajstić information content (AvgIpc) is 2.94. The number of nitrogen functional groups attached to an aromatic ring is 1. The molecule has 0 fully saturated rings. The maximum Gasteiger partial charge on any atom is 0.268 e. The molecule has 90 valence electrons. The van der Waals surface area contributed by atoms with Crippen molar-refractivity contribution in [3.63, 3.8) is 0 Å². The normalized spacial score (nSPS) is 10.2. The smallest absolute Gasteiger partial charge is 0.268 e. The number of nitrogens with one attached hydrogen (secondary N) is 1. The molecule has 0 unspecified atom stereocenters. The van der Waals surface area contributed by atoms with Crippen LogP contribution in [0.25, 0.3) is 0 Å². The molecular formula is C10H12N4O3. The summed E-state index contributed by atoms with van der Waals surface area (Å²) in [7, 11) is 1.78. The molecule has 2 aromatic heterocycles. The molecule has 0 aromatic carbocycles. The zero-order valence-corrected chi connectivity index (χ0v) is 9.21. The first kappa shape index (κ1) is 11.2. The first-order valence-electron chi connectivity index (χ1n) is 4.89. The Balaban J connectivity index is 2.04. The largest absolute Gasteiger partial charge is 0.482 e. The minimum absolute atomic E-state index is 0.140. The number of rotatable bonds is 4. The van der Waals surface area contributed by atoms with E-state index >= 15 is 0 Å². The summed E-state index contributed by atoms with van der Waals surface area (Å²) in [5.74, 6) is 5.65. The number of furan rings is 1. The van der Waals surface area contributed by atoms with E-state index in [1.165, 1.54) is 12.3 Å². The van der Waals surface area contributed by atoms with Crippen molar-refractivity contribution < 1.29 is 13.9 Å². The van der Waals surface area contributed by atoms with Crippen LogP contribution in [0.3, 0.4) is 0 Å². The van der Waals surface area contributed by atoms with Crippen LogP contribution in [0.1, 0.15) is 16.1 Å². The predicted octanol–water partition coefficient (Wildman–Crippen LogP) is 0.196. The Morgan fingerprint density at radius 2 is 2.53 bits per heavy atom. The zero-order valence-electron chi connectivity index (χ0n) is 9.21. The molecule has 0 aliphatic carbocycles. The van der Waals surface area contributed by atoms with E-state index in [4.69, 9.17) is 15.0 Å². The van der Waals surface area contributed by atoms with Gasteiger partial charge >= 0.3 is 0 Å². The van der Waals surface area contributed by atoms with Gasteiger partial charge in [-0.1, -0.05) is 0 Å². The second kappa shape index (κ2) is 4.71. The van der Waals surface area contributed by atoms with Gasteiger partial charge in [-0.3, -0.25) is 14.9 Å². The monoisotopic (exact) mass is 236 g/mol. The second-order valence-corrected chi connectivity index (χ2v) is 3.37. The fraction of sp³-hybridized carbons (Fsp3) is 0.200. The summed E-state index contributed by atoms with van der Waals surface area (Å²) in [5.41, 5.74) is 2.40. The molecule has 2 aromatic rings. The Labute approximate surface area is 97.1 Å². The summed E-state index contributed by atoms with van der Waals surface area (Å²) in [6.45, 7) is 0.140. The quantitative estimate of drug-likeness (QED) is 0.449. The highest BCUT2D eigenvalue weighted by atomic mass is 16.5. The maximum absolute atomic E-state index is 11.3.